The van der Waals surface area contributed by atoms with Crippen LogP contribution in [0.15, 0.2) is 61.2 Å². The van der Waals surface area contributed by atoms with Crippen molar-refractivity contribution in [2.75, 3.05) is 0 Å². The Morgan fingerprint density at radius 3 is 2.38 bits per heavy atom. The second-order valence-corrected chi connectivity index (χ2v) is 3.92. The molecule has 0 nitrogen and oxygen atoms in total. The van der Waals surface area contributed by atoms with Gasteiger partial charge in [-0.25, -0.2) is 0 Å². The average Bonchev–Trinajstić information content (AvgIpc) is 2.34. The van der Waals surface area contributed by atoms with E-state index in [2.05, 4.69) is 44.3 Å². The van der Waals surface area contributed by atoms with Gasteiger partial charge in [-0.3, -0.25) is 0 Å². The Labute approximate surface area is 99.0 Å². The van der Waals surface area contributed by atoms with Crippen LogP contribution in [-0.4, -0.2) is 0 Å². The number of allylic oxidation sites excluding steroid dienone is 4. The van der Waals surface area contributed by atoms with Crippen molar-refractivity contribution in [1.82, 2.24) is 0 Å². The number of hydrogen-bond donors (Lipinski definition) is 0. The van der Waals surface area contributed by atoms with Gasteiger partial charge in [0.05, 0.1) is 0 Å². The van der Waals surface area contributed by atoms with Crippen molar-refractivity contribution in [2.24, 2.45) is 0 Å². The van der Waals surface area contributed by atoms with E-state index in [0.717, 1.165) is 24.8 Å². The number of aryl methyl sites for hydroxylation is 2. The largest absolute Gasteiger partial charge is 0.0991 e. The van der Waals surface area contributed by atoms with Gasteiger partial charge >= 0.3 is 0 Å². The summed E-state index contributed by atoms with van der Waals surface area (Å²) >= 11 is 0. The molecule has 1 aromatic carbocycles. The number of rotatable bonds is 6. The highest BCUT2D eigenvalue weighted by atomic mass is 14.0. The molecular weight excluding hydrogens is 192 g/mol. The first kappa shape index (κ1) is 12.5. The molecule has 0 saturated carbocycles. The van der Waals surface area contributed by atoms with Gasteiger partial charge in [0.25, 0.3) is 0 Å². The minimum Gasteiger partial charge on any atom is -0.0991 e. The van der Waals surface area contributed by atoms with Gasteiger partial charge in [0.1, 0.15) is 0 Å². The summed E-state index contributed by atoms with van der Waals surface area (Å²) < 4.78 is 0. The molecule has 0 unspecified atom stereocenters. The van der Waals surface area contributed by atoms with Gasteiger partial charge < -0.3 is 0 Å². The van der Waals surface area contributed by atoms with Gasteiger partial charge in [-0.2, -0.15) is 0 Å². The highest BCUT2D eigenvalue weighted by Crippen LogP contribution is 2.10. The predicted molar refractivity (Wildman–Crippen MR) is 72.6 cm³/mol. The Hall–Kier alpha value is -1.56. The normalized spacial score (nSPS) is 10.6. The molecule has 0 bridgehead atoms. The van der Waals surface area contributed by atoms with Crippen molar-refractivity contribution < 1.29 is 0 Å². The molecule has 0 aliphatic carbocycles. The third kappa shape index (κ3) is 4.31. The lowest BCUT2D eigenvalue weighted by Crippen LogP contribution is -1.87. The first-order chi connectivity index (χ1) is 7.76. The summed E-state index contributed by atoms with van der Waals surface area (Å²) in [5, 5.41) is 0. The van der Waals surface area contributed by atoms with E-state index in [0.29, 0.717) is 0 Å². The molecule has 0 amide bonds. The first-order valence-electron chi connectivity index (χ1n) is 5.81. The van der Waals surface area contributed by atoms with E-state index in [9.17, 15) is 0 Å². The lowest BCUT2D eigenvalue weighted by atomic mass is 10.0. The molecule has 1 aromatic rings. The van der Waals surface area contributed by atoms with Gasteiger partial charge in [0.2, 0.25) is 0 Å². The maximum Gasteiger partial charge on any atom is -0.0238 e. The molecule has 0 aliphatic rings. The molecule has 0 spiro atoms. The van der Waals surface area contributed by atoms with Crippen LogP contribution in [0.1, 0.15) is 24.5 Å². The van der Waals surface area contributed by atoms with E-state index in [4.69, 9.17) is 0 Å². The lowest BCUT2D eigenvalue weighted by molar-refractivity contribution is 0.966. The summed E-state index contributed by atoms with van der Waals surface area (Å²) in [4.78, 5) is 0. The molecule has 1 rings (SSSR count). The Morgan fingerprint density at radius 2 is 1.81 bits per heavy atom. The predicted octanol–water partition coefficient (Wildman–Crippen LogP) is 4.48. The number of benzene rings is 1. The fourth-order valence-corrected chi connectivity index (χ4v) is 1.53. The summed E-state index contributed by atoms with van der Waals surface area (Å²) in [7, 11) is 0. The standard InChI is InChI=1S/C16H20/c1-4-6-7-14(3)8-9-16-12-10-15(5-2)11-13-16/h4,6-7,10-13H,1,3,5,8-9H2,2H3/b7-6-. The fourth-order valence-electron chi connectivity index (χ4n) is 1.53. The van der Waals surface area contributed by atoms with E-state index in [1.165, 1.54) is 11.1 Å². The molecule has 84 valence electrons. The average molecular weight is 212 g/mol. The van der Waals surface area contributed by atoms with Crippen molar-refractivity contribution >= 4 is 0 Å². The zero-order valence-corrected chi connectivity index (χ0v) is 10.1. The van der Waals surface area contributed by atoms with Crippen LogP contribution in [0.4, 0.5) is 0 Å². The van der Waals surface area contributed by atoms with Crippen molar-refractivity contribution in [2.45, 2.75) is 26.2 Å². The molecular formula is C16H20. The van der Waals surface area contributed by atoms with Gasteiger partial charge in [0.15, 0.2) is 0 Å². The maximum atomic E-state index is 4.01. The summed E-state index contributed by atoms with van der Waals surface area (Å²) in [5.41, 5.74) is 3.93. The Bertz CT molecular complexity index is 366. The molecule has 0 radical (unpaired) electrons. The summed E-state index contributed by atoms with van der Waals surface area (Å²) in [6.07, 6.45) is 8.91. The van der Waals surface area contributed by atoms with Crippen LogP contribution in [-0.2, 0) is 12.8 Å². The van der Waals surface area contributed by atoms with Gasteiger partial charge in [-0.1, -0.05) is 68.1 Å². The zero-order chi connectivity index (χ0) is 11.8. The zero-order valence-electron chi connectivity index (χ0n) is 10.1. The topological polar surface area (TPSA) is 0 Å². The second-order valence-electron chi connectivity index (χ2n) is 3.92. The van der Waals surface area contributed by atoms with E-state index in [-0.39, 0.29) is 0 Å². The molecule has 0 heterocycles. The van der Waals surface area contributed by atoms with Crippen molar-refractivity contribution in [3.8, 4) is 0 Å². The van der Waals surface area contributed by atoms with E-state index in [1.807, 2.05) is 12.2 Å². The minimum atomic E-state index is 1.01. The quantitative estimate of drug-likeness (QED) is 0.610. The fraction of sp³-hybridized carbons (Fsp3) is 0.250. The van der Waals surface area contributed by atoms with Crippen LogP contribution in [0.5, 0.6) is 0 Å². The van der Waals surface area contributed by atoms with Crippen LogP contribution >= 0.6 is 0 Å². The van der Waals surface area contributed by atoms with Crippen LogP contribution in [0.25, 0.3) is 0 Å². The van der Waals surface area contributed by atoms with Gasteiger partial charge in [0, 0.05) is 0 Å². The van der Waals surface area contributed by atoms with Crippen molar-refractivity contribution in [3.05, 3.63) is 72.4 Å². The van der Waals surface area contributed by atoms with Crippen LogP contribution in [0.3, 0.4) is 0 Å². The molecule has 16 heavy (non-hydrogen) atoms. The molecule has 0 N–H and O–H groups in total. The van der Waals surface area contributed by atoms with Crippen LogP contribution in [0, 0.1) is 0 Å². The van der Waals surface area contributed by atoms with E-state index >= 15 is 0 Å². The van der Waals surface area contributed by atoms with Crippen molar-refractivity contribution in [1.29, 1.82) is 0 Å². The van der Waals surface area contributed by atoms with E-state index < -0.39 is 0 Å². The highest BCUT2D eigenvalue weighted by Gasteiger charge is 1.95. The third-order valence-electron chi connectivity index (χ3n) is 2.63. The Kier molecular flexibility index (Phi) is 5.35. The van der Waals surface area contributed by atoms with Crippen molar-refractivity contribution in [3.63, 3.8) is 0 Å². The monoisotopic (exact) mass is 212 g/mol. The SMILES string of the molecule is C=C/C=C\C(=C)CCc1ccc(CC)cc1. The van der Waals surface area contributed by atoms with Crippen LogP contribution < -0.4 is 0 Å². The Balaban J connectivity index is 2.45. The third-order valence-corrected chi connectivity index (χ3v) is 2.63. The summed E-state index contributed by atoms with van der Waals surface area (Å²) in [5.74, 6) is 0. The van der Waals surface area contributed by atoms with Crippen LogP contribution in [0.2, 0.25) is 0 Å². The maximum absolute atomic E-state index is 4.01. The molecule has 0 aromatic heterocycles. The smallest absolute Gasteiger partial charge is 0.0238 e. The highest BCUT2D eigenvalue weighted by molar-refractivity contribution is 5.25. The molecule has 0 saturated heterocycles. The number of hydrogen-bond acceptors (Lipinski definition) is 0. The molecule has 0 fully saturated rings. The van der Waals surface area contributed by atoms with Gasteiger partial charge in [-0.15, -0.1) is 0 Å². The Morgan fingerprint density at radius 1 is 1.19 bits per heavy atom. The summed E-state index contributed by atoms with van der Waals surface area (Å²) in [6, 6.07) is 8.84. The molecule has 0 atom stereocenters. The first-order valence-corrected chi connectivity index (χ1v) is 5.81. The summed E-state index contributed by atoms with van der Waals surface area (Å²) in [6.45, 7) is 9.83. The second kappa shape index (κ2) is 6.84. The van der Waals surface area contributed by atoms with E-state index in [1.54, 1.807) is 6.08 Å². The van der Waals surface area contributed by atoms with Gasteiger partial charge in [-0.05, 0) is 30.4 Å². The lowest BCUT2D eigenvalue weighted by Gasteiger charge is -2.03. The minimum absolute atomic E-state index is 1.01. The molecule has 0 aliphatic heterocycles. The molecule has 0 heteroatoms.